The quantitative estimate of drug-likeness (QED) is 0.136. The predicted octanol–water partition coefficient (Wildman–Crippen LogP) is 6.23. The van der Waals surface area contributed by atoms with Crippen LogP contribution in [0.1, 0.15) is 31.4 Å². The van der Waals surface area contributed by atoms with Crippen molar-refractivity contribution in [1.82, 2.24) is 10.2 Å². The molecule has 10 nitrogen and oxygen atoms in total. The molecule has 2 amide bonds. The number of amides is 2. The molecule has 49 heavy (non-hydrogen) atoms. The van der Waals surface area contributed by atoms with Gasteiger partial charge < -0.3 is 24.4 Å². The molecule has 4 rings (SSSR count). The largest absolute Gasteiger partial charge is 0.494 e. The van der Waals surface area contributed by atoms with Crippen molar-refractivity contribution < 1.29 is 32.2 Å². The summed E-state index contributed by atoms with van der Waals surface area (Å²) in [4.78, 5) is 29.8. The van der Waals surface area contributed by atoms with Gasteiger partial charge in [-0.3, -0.25) is 13.9 Å². The van der Waals surface area contributed by atoms with Crippen LogP contribution < -0.4 is 23.8 Å². The zero-order chi connectivity index (χ0) is 35.4. The van der Waals surface area contributed by atoms with Crippen molar-refractivity contribution in [2.45, 2.75) is 44.2 Å². The second-order valence-corrected chi connectivity index (χ2v) is 13.9. The third kappa shape index (κ3) is 9.76. The lowest BCUT2D eigenvalue weighted by Gasteiger charge is -2.34. The van der Waals surface area contributed by atoms with Crippen molar-refractivity contribution in [2.75, 3.05) is 38.2 Å². The second-order valence-electron chi connectivity index (χ2n) is 11.1. The van der Waals surface area contributed by atoms with E-state index in [1.807, 2.05) is 68.4 Å². The van der Waals surface area contributed by atoms with Crippen LogP contribution in [-0.2, 0) is 32.6 Å². The molecule has 1 unspecified atom stereocenters. The molecule has 0 radical (unpaired) electrons. The molecule has 0 bridgehead atoms. The monoisotopic (exact) mass is 751 g/mol. The Kier molecular flexibility index (Phi) is 13.5. The lowest BCUT2D eigenvalue weighted by Crippen LogP contribution is -2.53. The Hall–Kier alpha value is -4.55. The Bertz CT molecular complexity index is 1790. The molecule has 0 aliphatic heterocycles. The summed E-state index contributed by atoms with van der Waals surface area (Å²) in [6.07, 6.45) is 0.934. The molecule has 0 aromatic heterocycles. The maximum absolute atomic E-state index is 14.6. The zero-order valence-electron chi connectivity index (χ0n) is 28.1. The zero-order valence-corrected chi connectivity index (χ0v) is 30.5. The molecule has 0 saturated heterocycles. The Balaban J connectivity index is 1.82. The van der Waals surface area contributed by atoms with Gasteiger partial charge in [-0.2, -0.15) is 0 Å². The number of halogens is 1. The van der Waals surface area contributed by atoms with Crippen molar-refractivity contribution in [3.05, 3.63) is 113 Å². The number of rotatable bonds is 17. The Morgan fingerprint density at radius 1 is 0.837 bits per heavy atom. The van der Waals surface area contributed by atoms with Crippen LogP contribution in [0, 0.1) is 0 Å². The van der Waals surface area contributed by atoms with Crippen molar-refractivity contribution in [3.63, 3.8) is 0 Å². The Labute approximate surface area is 297 Å². The Morgan fingerprint density at radius 2 is 1.51 bits per heavy atom. The van der Waals surface area contributed by atoms with Gasteiger partial charge in [0, 0.05) is 30.0 Å². The van der Waals surface area contributed by atoms with Crippen LogP contribution in [0.3, 0.4) is 0 Å². The van der Waals surface area contributed by atoms with Gasteiger partial charge in [-0.25, -0.2) is 8.42 Å². The molecule has 4 aromatic carbocycles. The van der Waals surface area contributed by atoms with Crippen LogP contribution in [-0.4, -0.2) is 65.1 Å². The number of ether oxygens (including phenoxy) is 3. The fourth-order valence-corrected chi connectivity index (χ4v) is 6.91. The summed E-state index contributed by atoms with van der Waals surface area (Å²) in [7, 11) is -1.49. The first-order valence-electron chi connectivity index (χ1n) is 15.9. The highest BCUT2D eigenvalue weighted by molar-refractivity contribution is 9.10. The first-order valence-corrected chi connectivity index (χ1v) is 18.2. The van der Waals surface area contributed by atoms with Crippen LogP contribution in [0.25, 0.3) is 0 Å². The maximum atomic E-state index is 14.6. The summed E-state index contributed by atoms with van der Waals surface area (Å²) in [5, 5.41) is 2.95. The van der Waals surface area contributed by atoms with Crippen molar-refractivity contribution in [3.8, 4) is 17.2 Å². The van der Waals surface area contributed by atoms with Crippen LogP contribution in [0.15, 0.2) is 106 Å². The van der Waals surface area contributed by atoms with Gasteiger partial charge in [-0.05, 0) is 73.0 Å². The summed E-state index contributed by atoms with van der Waals surface area (Å²) in [5.41, 5.74) is 1.87. The van der Waals surface area contributed by atoms with E-state index in [1.165, 1.54) is 37.3 Å². The van der Waals surface area contributed by atoms with E-state index >= 15 is 0 Å². The van der Waals surface area contributed by atoms with E-state index in [4.69, 9.17) is 14.2 Å². The van der Waals surface area contributed by atoms with Gasteiger partial charge in [0.25, 0.3) is 10.0 Å². The Morgan fingerprint density at radius 3 is 2.12 bits per heavy atom. The smallest absolute Gasteiger partial charge is 0.264 e. The summed E-state index contributed by atoms with van der Waals surface area (Å²) in [6, 6.07) is 26.7. The van der Waals surface area contributed by atoms with Gasteiger partial charge in [0.2, 0.25) is 11.8 Å². The van der Waals surface area contributed by atoms with Crippen molar-refractivity contribution in [1.29, 1.82) is 0 Å². The lowest BCUT2D eigenvalue weighted by molar-refractivity contribution is -0.140. The SMILES string of the molecule is CCCNC(=O)C(Cc1ccccc1)N(Cc1ccc(Br)cc1)C(=O)CN(c1ccc(OCC)cc1)S(=O)(=O)c1ccc(OC)c(OC)c1. The standard InChI is InChI=1S/C37H42BrN3O7S/c1-5-22-39-37(43)33(23-27-10-8-7-9-11-27)40(25-28-12-14-29(38)15-13-28)36(42)26-41(30-16-18-31(19-17-30)48-6-2)49(44,45)32-20-21-34(46-3)35(24-32)47-4/h7-21,24,33H,5-6,22-23,25-26H2,1-4H3,(H,39,43). The highest BCUT2D eigenvalue weighted by Crippen LogP contribution is 2.33. The molecular formula is C37H42BrN3O7S. The molecule has 0 saturated carbocycles. The lowest BCUT2D eigenvalue weighted by atomic mass is 10.0. The fourth-order valence-electron chi connectivity index (χ4n) is 5.21. The van der Waals surface area contributed by atoms with E-state index < -0.39 is 28.5 Å². The summed E-state index contributed by atoms with van der Waals surface area (Å²) < 4.78 is 47.1. The summed E-state index contributed by atoms with van der Waals surface area (Å²) in [5.74, 6) is 0.231. The van der Waals surface area contributed by atoms with E-state index in [2.05, 4.69) is 21.2 Å². The molecule has 4 aromatic rings. The van der Waals surface area contributed by atoms with Crippen LogP contribution in [0.4, 0.5) is 5.69 Å². The normalized spacial score (nSPS) is 11.7. The minimum atomic E-state index is -4.36. The minimum absolute atomic E-state index is 0.0662. The number of carbonyl (C=O) groups is 2. The summed E-state index contributed by atoms with van der Waals surface area (Å²) in [6.45, 7) is 4.13. The highest BCUT2D eigenvalue weighted by Gasteiger charge is 2.35. The number of carbonyl (C=O) groups excluding carboxylic acids is 2. The number of hydrogen-bond donors (Lipinski definition) is 1. The van der Waals surface area contributed by atoms with E-state index in [0.717, 1.165) is 19.9 Å². The van der Waals surface area contributed by atoms with Gasteiger partial charge in [0.15, 0.2) is 11.5 Å². The molecule has 0 heterocycles. The predicted molar refractivity (Wildman–Crippen MR) is 194 cm³/mol. The maximum Gasteiger partial charge on any atom is 0.264 e. The van der Waals surface area contributed by atoms with Crippen LogP contribution in [0.5, 0.6) is 17.2 Å². The average molecular weight is 753 g/mol. The fraction of sp³-hybridized carbons (Fsp3) is 0.297. The molecule has 0 aliphatic carbocycles. The van der Waals surface area contributed by atoms with E-state index in [-0.39, 0.29) is 35.2 Å². The molecule has 1 atom stereocenters. The number of benzene rings is 4. The average Bonchev–Trinajstić information content (AvgIpc) is 3.12. The van der Waals surface area contributed by atoms with Crippen molar-refractivity contribution in [2.24, 2.45) is 0 Å². The van der Waals surface area contributed by atoms with E-state index in [9.17, 15) is 18.0 Å². The van der Waals surface area contributed by atoms with Gasteiger partial charge in [-0.1, -0.05) is 65.3 Å². The minimum Gasteiger partial charge on any atom is -0.494 e. The van der Waals surface area contributed by atoms with E-state index in [1.54, 1.807) is 24.3 Å². The van der Waals surface area contributed by atoms with Crippen LogP contribution >= 0.6 is 15.9 Å². The first-order chi connectivity index (χ1) is 23.6. The number of methoxy groups -OCH3 is 2. The number of anilines is 1. The highest BCUT2D eigenvalue weighted by atomic mass is 79.9. The van der Waals surface area contributed by atoms with Gasteiger partial charge in [-0.15, -0.1) is 0 Å². The molecule has 12 heteroatoms. The molecule has 0 spiro atoms. The topological polar surface area (TPSA) is 114 Å². The number of hydrogen-bond acceptors (Lipinski definition) is 7. The molecule has 260 valence electrons. The van der Waals surface area contributed by atoms with Gasteiger partial charge in [0.05, 0.1) is 31.4 Å². The summed E-state index contributed by atoms with van der Waals surface area (Å²) >= 11 is 3.46. The number of nitrogens with zero attached hydrogens (tertiary/aromatic N) is 2. The number of sulfonamides is 1. The van der Waals surface area contributed by atoms with Crippen molar-refractivity contribution >= 4 is 43.5 Å². The number of nitrogens with one attached hydrogen (secondary N) is 1. The van der Waals surface area contributed by atoms with Gasteiger partial charge in [0.1, 0.15) is 18.3 Å². The third-order valence-corrected chi connectivity index (χ3v) is 10.0. The third-order valence-electron chi connectivity index (χ3n) is 7.74. The van der Waals surface area contributed by atoms with E-state index in [0.29, 0.717) is 31.1 Å². The van der Waals surface area contributed by atoms with Gasteiger partial charge >= 0.3 is 0 Å². The molecule has 1 N–H and O–H groups in total. The second kappa shape index (κ2) is 17.7. The molecule has 0 aliphatic rings. The van der Waals surface area contributed by atoms with Crippen LogP contribution in [0.2, 0.25) is 0 Å². The first kappa shape index (κ1) is 37.3. The molecule has 0 fully saturated rings. The molecular weight excluding hydrogens is 710 g/mol.